The number of ether oxygens (including phenoxy) is 1. The predicted molar refractivity (Wildman–Crippen MR) is 132 cm³/mol. The topological polar surface area (TPSA) is 74.2 Å². The molecule has 1 aromatic rings. The highest BCUT2D eigenvalue weighted by atomic mass is 127. The van der Waals surface area contributed by atoms with Crippen LogP contribution in [0.3, 0.4) is 0 Å². The molecule has 0 aromatic heterocycles. The lowest BCUT2D eigenvalue weighted by Crippen LogP contribution is -2.53. The highest BCUT2D eigenvalue weighted by molar-refractivity contribution is 14.0. The van der Waals surface area contributed by atoms with Gasteiger partial charge in [-0.15, -0.1) is 24.0 Å². The number of nitrogens with zero attached hydrogens (tertiary/aromatic N) is 3. The van der Waals surface area contributed by atoms with Crippen molar-refractivity contribution in [1.82, 2.24) is 10.2 Å². The van der Waals surface area contributed by atoms with Crippen LogP contribution >= 0.6 is 24.0 Å². The largest absolute Gasteiger partial charge is 0.497 e. The third-order valence-corrected chi connectivity index (χ3v) is 6.05. The highest BCUT2D eigenvalue weighted by Crippen LogP contribution is 2.22. The molecule has 1 aliphatic rings. The van der Waals surface area contributed by atoms with Crippen molar-refractivity contribution < 1.29 is 13.2 Å². The Morgan fingerprint density at radius 2 is 1.76 bits per heavy atom. The lowest BCUT2D eigenvalue weighted by atomic mass is 9.90. The maximum Gasteiger partial charge on any atom is 0.193 e. The van der Waals surface area contributed by atoms with Gasteiger partial charge in [0.05, 0.1) is 12.9 Å². The summed E-state index contributed by atoms with van der Waals surface area (Å²) in [6.07, 6.45) is 1.92. The van der Waals surface area contributed by atoms with E-state index < -0.39 is 9.84 Å². The molecule has 0 bridgehead atoms. The van der Waals surface area contributed by atoms with E-state index in [4.69, 9.17) is 4.74 Å². The Kier molecular flexibility index (Phi) is 10.0. The minimum atomic E-state index is -2.94. The van der Waals surface area contributed by atoms with Gasteiger partial charge in [0.25, 0.3) is 0 Å². The zero-order valence-corrected chi connectivity index (χ0v) is 21.3. The van der Waals surface area contributed by atoms with Crippen molar-refractivity contribution in [3.05, 3.63) is 24.3 Å². The molecule has 166 valence electrons. The zero-order valence-electron chi connectivity index (χ0n) is 18.1. The lowest BCUT2D eigenvalue weighted by molar-refractivity contribution is 0.327. The van der Waals surface area contributed by atoms with Crippen molar-refractivity contribution in [2.24, 2.45) is 10.4 Å². The number of methoxy groups -OCH3 is 1. The van der Waals surface area contributed by atoms with E-state index in [1.807, 2.05) is 12.1 Å². The molecule has 1 aromatic carbocycles. The number of hydrogen-bond donors (Lipinski definition) is 1. The average Bonchev–Trinajstić information content (AvgIpc) is 2.67. The summed E-state index contributed by atoms with van der Waals surface area (Å²) in [5.41, 5.74) is 1.08. The van der Waals surface area contributed by atoms with Crippen molar-refractivity contribution >= 4 is 45.5 Å². The monoisotopic (exact) mass is 538 g/mol. The first-order valence-electron chi connectivity index (χ1n) is 9.66. The number of halogens is 1. The highest BCUT2D eigenvalue weighted by Gasteiger charge is 2.24. The Balaban J connectivity index is 0.00000420. The zero-order chi connectivity index (χ0) is 20.8. The lowest BCUT2D eigenvalue weighted by Gasteiger charge is -2.38. The van der Waals surface area contributed by atoms with Crippen LogP contribution in [0.2, 0.25) is 0 Å². The fourth-order valence-corrected chi connectivity index (χ4v) is 4.09. The van der Waals surface area contributed by atoms with E-state index in [0.717, 1.165) is 37.9 Å². The average molecular weight is 538 g/mol. The van der Waals surface area contributed by atoms with Gasteiger partial charge in [0, 0.05) is 51.7 Å². The smallest absolute Gasteiger partial charge is 0.193 e. The standard InChI is InChI=1S/C20H34N4O3S.HI/c1-20(2,10-15-28(5,25)26)16-22-19(21-3)24-13-11-23(12-14-24)17-6-8-18(27-4)9-7-17;/h6-9H,10-16H2,1-5H3,(H,21,22);1H. The minimum absolute atomic E-state index is 0. The van der Waals surface area contributed by atoms with Crippen LogP contribution < -0.4 is 15.0 Å². The predicted octanol–water partition coefficient (Wildman–Crippen LogP) is 2.47. The SMILES string of the molecule is CN=C(NCC(C)(C)CCS(C)(=O)=O)N1CCN(c2ccc(OC)cc2)CC1.I. The van der Waals surface area contributed by atoms with Gasteiger partial charge in [-0.05, 0) is 36.1 Å². The summed E-state index contributed by atoms with van der Waals surface area (Å²) >= 11 is 0. The van der Waals surface area contributed by atoms with Crippen LogP contribution in [0, 0.1) is 5.41 Å². The molecule has 0 radical (unpaired) electrons. The van der Waals surface area contributed by atoms with Gasteiger partial charge >= 0.3 is 0 Å². The number of piperazine rings is 1. The summed E-state index contributed by atoms with van der Waals surface area (Å²) in [6, 6.07) is 8.15. The molecule has 0 saturated carbocycles. The van der Waals surface area contributed by atoms with Crippen molar-refractivity contribution in [3.63, 3.8) is 0 Å². The number of hydrogen-bond acceptors (Lipinski definition) is 5. The molecule has 7 nitrogen and oxygen atoms in total. The van der Waals surface area contributed by atoms with Crippen molar-refractivity contribution in [1.29, 1.82) is 0 Å². The van der Waals surface area contributed by atoms with Gasteiger partial charge < -0.3 is 19.9 Å². The van der Waals surface area contributed by atoms with Gasteiger partial charge in [-0.2, -0.15) is 0 Å². The molecule has 0 unspecified atom stereocenters. The summed E-state index contributed by atoms with van der Waals surface area (Å²) in [7, 11) is 0.528. The fraction of sp³-hybridized carbons (Fsp3) is 0.650. The maximum absolute atomic E-state index is 11.4. The molecule has 0 atom stereocenters. The molecular weight excluding hydrogens is 503 g/mol. The van der Waals surface area contributed by atoms with E-state index in [1.165, 1.54) is 11.9 Å². The second-order valence-electron chi connectivity index (χ2n) is 8.12. The third kappa shape index (κ3) is 8.57. The van der Waals surface area contributed by atoms with Gasteiger partial charge in [0.2, 0.25) is 0 Å². The first kappa shape index (κ1) is 25.8. The van der Waals surface area contributed by atoms with E-state index in [2.05, 4.69) is 46.1 Å². The summed E-state index contributed by atoms with van der Waals surface area (Å²) in [6.45, 7) is 8.47. The van der Waals surface area contributed by atoms with E-state index in [1.54, 1.807) is 14.2 Å². The Morgan fingerprint density at radius 3 is 2.24 bits per heavy atom. The molecule has 0 spiro atoms. The summed E-state index contributed by atoms with van der Waals surface area (Å²) in [4.78, 5) is 9.04. The quantitative estimate of drug-likeness (QED) is 0.327. The Morgan fingerprint density at radius 1 is 1.17 bits per heavy atom. The molecule has 1 saturated heterocycles. The summed E-state index contributed by atoms with van der Waals surface area (Å²) in [5.74, 6) is 1.95. The molecule has 1 N–H and O–H groups in total. The van der Waals surface area contributed by atoms with Gasteiger partial charge in [0.1, 0.15) is 15.6 Å². The van der Waals surface area contributed by atoms with Crippen molar-refractivity contribution in [3.8, 4) is 5.75 Å². The van der Waals surface area contributed by atoms with E-state index >= 15 is 0 Å². The number of sulfone groups is 1. The van der Waals surface area contributed by atoms with Crippen molar-refractivity contribution in [2.45, 2.75) is 20.3 Å². The van der Waals surface area contributed by atoms with Crippen LogP contribution in [-0.2, 0) is 9.84 Å². The number of guanidine groups is 1. The van der Waals surface area contributed by atoms with Crippen LogP contribution in [0.15, 0.2) is 29.3 Å². The van der Waals surface area contributed by atoms with Crippen LogP contribution in [0.25, 0.3) is 0 Å². The number of benzene rings is 1. The third-order valence-electron chi connectivity index (χ3n) is 5.10. The Hall–Kier alpha value is -1.23. The van der Waals surface area contributed by atoms with Crippen LogP contribution in [-0.4, -0.2) is 78.2 Å². The minimum Gasteiger partial charge on any atom is -0.497 e. The summed E-state index contributed by atoms with van der Waals surface area (Å²) in [5, 5.41) is 3.43. The van der Waals surface area contributed by atoms with Crippen LogP contribution in [0.4, 0.5) is 5.69 Å². The molecular formula is C20H35IN4O3S. The summed E-state index contributed by atoms with van der Waals surface area (Å²) < 4.78 is 28.1. The first-order chi connectivity index (χ1) is 13.1. The van der Waals surface area contributed by atoms with Gasteiger partial charge in [0.15, 0.2) is 5.96 Å². The first-order valence-corrected chi connectivity index (χ1v) is 11.7. The number of rotatable bonds is 7. The second-order valence-corrected chi connectivity index (χ2v) is 10.4. The van der Waals surface area contributed by atoms with E-state index in [9.17, 15) is 8.42 Å². The normalized spacial score (nSPS) is 15.7. The molecule has 1 heterocycles. The van der Waals surface area contributed by atoms with E-state index in [-0.39, 0.29) is 35.1 Å². The Labute approximate surface area is 192 Å². The van der Waals surface area contributed by atoms with Crippen LogP contribution in [0.1, 0.15) is 20.3 Å². The number of aliphatic imine (C=N–C) groups is 1. The van der Waals surface area contributed by atoms with Gasteiger partial charge in [-0.3, -0.25) is 4.99 Å². The molecule has 2 rings (SSSR count). The maximum atomic E-state index is 11.4. The van der Waals surface area contributed by atoms with Crippen LogP contribution in [0.5, 0.6) is 5.75 Å². The Bertz CT molecular complexity index is 758. The molecule has 29 heavy (non-hydrogen) atoms. The van der Waals surface area contributed by atoms with Gasteiger partial charge in [-0.1, -0.05) is 13.8 Å². The van der Waals surface area contributed by atoms with E-state index in [0.29, 0.717) is 13.0 Å². The van der Waals surface area contributed by atoms with Gasteiger partial charge in [-0.25, -0.2) is 8.42 Å². The number of nitrogens with one attached hydrogen (secondary N) is 1. The molecule has 0 aliphatic carbocycles. The molecule has 1 aliphatic heterocycles. The second kappa shape index (κ2) is 11.2. The fourth-order valence-electron chi connectivity index (χ4n) is 3.17. The molecule has 1 fully saturated rings. The number of anilines is 1. The van der Waals surface area contributed by atoms with Crippen molar-refractivity contribution in [2.75, 3.05) is 63.8 Å². The molecule has 9 heteroatoms. The molecule has 0 amide bonds.